The molecule has 0 saturated carbocycles. The fraction of sp³-hybridized carbons (Fsp3) is 0.429. The zero-order valence-electron chi connectivity index (χ0n) is 16.4. The maximum Gasteiger partial charge on any atom is 0.310 e. The van der Waals surface area contributed by atoms with Gasteiger partial charge in [-0.15, -0.1) is 11.3 Å². The Morgan fingerprint density at radius 2 is 1.93 bits per heavy atom. The van der Waals surface area contributed by atoms with Crippen LogP contribution >= 0.6 is 11.3 Å². The highest BCUT2D eigenvalue weighted by atomic mass is 32.1. The van der Waals surface area contributed by atoms with Crippen LogP contribution in [0.3, 0.4) is 0 Å². The smallest absolute Gasteiger partial charge is 0.310 e. The fourth-order valence-corrected chi connectivity index (χ4v) is 4.27. The summed E-state index contributed by atoms with van der Waals surface area (Å²) in [5.41, 5.74) is 1.91. The van der Waals surface area contributed by atoms with Crippen molar-refractivity contribution in [3.05, 3.63) is 34.5 Å². The number of amides is 1. The number of piperidine rings is 1. The van der Waals surface area contributed by atoms with Crippen LogP contribution in [0.2, 0.25) is 0 Å². The van der Waals surface area contributed by atoms with E-state index in [1.807, 2.05) is 29.6 Å². The quantitative estimate of drug-likeness (QED) is 0.686. The molecule has 0 bridgehead atoms. The number of benzene rings is 1. The van der Waals surface area contributed by atoms with Gasteiger partial charge in [-0.2, -0.15) is 0 Å². The molecule has 2 aromatic rings. The Morgan fingerprint density at radius 1 is 1.14 bits per heavy atom. The van der Waals surface area contributed by atoms with Crippen LogP contribution in [0.5, 0.6) is 11.5 Å². The lowest BCUT2D eigenvalue weighted by molar-refractivity contribution is -0.149. The molecule has 1 unspecified atom stereocenters. The molecular formula is C21H25NO5S. The standard InChI is InChI=1S/C21H25NO5S/c1-4-27-21(24)15-6-5-9-22(12-15)20(23)19-11-16(13-28-19)14-7-8-17(25-2)18(10-14)26-3/h7-8,10-11,13,15H,4-6,9,12H2,1-3H3. The second kappa shape index (κ2) is 9.10. The van der Waals surface area contributed by atoms with E-state index in [1.54, 1.807) is 26.0 Å². The summed E-state index contributed by atoms with van der Waals surface area (Å²) in [6.45, 7) is 3.24. The molecule has 6 nitrogen and oxygen atoms in total. The van der Waals surface area contributed by atoms with Gasteiger partial charge in [-0.3, -0.25) is 9.59 Å². The van der Waals surface area contributed by atoms with Gasteiger partial charge in [0, 0.05) is 13.1 Å². The highest BCUT2D eigenvalue weighted by Gasteiger charge is 2.30. The number of methoxy groups -OCH3 is 2. The minimum absolute atomic E-state index is 0.0364. The molecule has 1 aromatic heterocycles. The number of likely N-dealkylation sites (tertiary alicyclic amines) is 1. The molecule has 1 aliphatic rings. The van der Waals surface area contributed by atoms with Crippen molar-refractivity contribution in [2.45, 2.75) is 19.8 Å². The van der Waals surface area contributed by atoms with E-state index < -0.39 is 0 Å². The maximum absolute atomic E-state index is 12.9. The molecule has 1 aliphatic heterocycles. The Bertz CT molecular complexity index is 847. The lowest BCUT2D eigenvalue weighted by Crippen LogP contribution is -2.42. The van der Waals surface area contributed by atoms with Crippen molar-refractivity contribution >= 4 is 23.2 Å². The van der Waals surface area contributed by atoms with E-state index in [0.29, 0.717) is 36.1 Å². The van der Waals surface area contributed by atoms with E-state index >= 15 is 0 Å². The molecule has 1 aromatic carbocycles. The lowest BCUT2D eigenvalue weighted by Gasteiger charge is -2.31. The summed E-state index contributed by atoms with van der Waals surface area (Å²) in [5, 5.41) is 1.96. The SMILES string of the molecule is CCOC(=O)C1CCCN(C(=O)c2cc(-c3ccc(OC)c(OC)c3)cs2)C1. The molecule has 1 saturated heterocycles. The maximum atomic E-state index is 12.9. The molecule has 0 radical (unpaired) electrons. The topological polar surface area (TPSA) is 65.1 Å². The summed E-state index contributed by atoms with van der Waals surface area (Å²) in [5.74, 6) is 0.828. The molecule has 0 spiro atoms. The van der Waals surface area contributed by atoms with Gasteiger partial charge in [0.15, 0.2) is 11.5 Å². The molecule has 0 aliphatic carbocycles. The zero-order chi connectivity index (χ0) is 20.1. The lowest BCUT2D eigenvalue weighted by atomic mass is 9.98. The number of ether oxygens (including phenoxy) is 3. The van der Waals surface area contributed by atoms with Gasteiger partial charge in [0.1, 0.15) is 0 Å². The summed E-state index contributed by atoms with van der Waals surface area (Å²) in [6, 6.07) is 7.58. The largest absolute Gasteiger partial charge is 0.493 e. The van der Waals surface area contributed by atoms with Gasteiger partial charge < -0.3 is 19.1 Å². The molecule has 7 heteroatoms. The number of nitrogens with zero attached hydrogens (tertiary/aromatic N) is 1. The molecule has 0 N–H and O–H groups in total. The molecule has 1 amide bonds. The Morgan fingerprint density at radius 3 is 2.64 bits per heavy atom. The van der Waals surface area contributed by atoms with Crippen LogP contribution in [-0.4, -0.2) is 50.7 Å². The van der Waals surface area contributed by atoms with Crippen LogP contribution < -0.4 is 9.47 Å². The van der Waals surface area contributed by atoms with Crippen molar-refractivity contribution in [2.75, 3.05) is 33.9 Å². The van der Waals surface area contributed by atoms with Gasteiger partial charge in [-0.25, -0.2) is 0 Å². The Balaban J connectivity index is 1.74. The zero-order valence-corrected chi connectivity index (χ0v) is 17.2. The van der Waals surface area contributed by atoms with Gasteiger partial charge in [-0.1, -0.05) is 6.07 Å². The number of hydrogen-bond donors (Lipinski definition) is 0. The number of carbonyl (C=O) groups excluding carboxylic acids is 2. The van der Waals surface area contributed by atoms with Crippen LogP contribution in [0.25, 0.3) is 11.1 Å². The molecule has 150 valence electrons. The van der Waals surface area contributed by atoms with Crippen molar-refractivity contribution in [3.63, 3.8) is 0 Å². The predicted molar refractivity (Wildman–Crippen MR) is 108 cm³/mol. The summed E-state index contributed by atoms with van der Waals surface area (Å²) in [7, 11) is 3.20. The summed E-state index contributed by atoms with van der Waals surface area (Å²) < 4.78 is 15.8. The third-order valence-corrected chi connectivity index (χ3v) is 5.77. The Hall–Kier alpha value is -2.54. The molecule has 28 heavy (non-hydrogen) atoms. The minimum Gasteiger partial charge on any atom is -0.493 e. The van der Waals surface area contributed by atoms with Gasteiger partial charge in [0.2, 0.25) is 0 Å². The van der Waals surface area contributed by atoms with Crippen molar-refractivity contribution in [1.82, 2.24) is 4.90 Å². The summed E-state index contributed by atoms with van der Waals surface area (Å²) in [6.07, 6.45) is 1.58. The molecular weight excluding hydrogens is 378 g/mol. The highest BCUT2D eigenvalue weighted by molar-refractivity contribution is 7.12. The first kappa shape index (κ1) is 20.2. The Kier molecular flexibility index (Phi) is 6.57. The molecule has 1 atom stereocenters. The van der Waals surface area contributed by atoms with Crippen molar-refractivity contribution in [3.8, 4) is 22.6 Å². The van der Waals surface area contributed by atoms with Crippen molar-refractivity contribution in [2.24, 2.45) is 5.92 Å². The second-order valence-electron chi connectivity index (χ2n) is 6.61. The van der Waals surface area contributed by atoms with E-state index in [2.05, 4.69) is 0 Å². The monoisotopic (exact) mass is 403 g/mol. The van der Waals surface area contributed by atoms with E-state index in [4.69, 9.17) is 14.2 Å². The normalized spacial score (nSPS) is 16.5. The van der Waals surface area contributed by atoms with Gasteiger partial charge in [0.05, 0.1) is 31.6 Å². The van der Waals surface area contributed by atoms with Crippen LogP contribution in [-0.2, 0) is 9.53 Å². The molecule has 2 heterocycles. The van der Waals surface area contributed by atoms with Crippen LogP contribution in [0.15, 0.2) is 29.6 Å². The van der Waals surface area contributed by atoms with Gasteiger partial charge in [0.25, 0.3) is 5.91 Å². The molecule has 3 rings (SSSR count). The first-order valence-electron chi connectivity index (χ1n) is 9.34. The van der Waals surface area contributed by atoms with Crippen LogP contribution in [0.4, 0.5) is 0 Å². The predicted octanol–water partition coefficient (Wildman–Crippen LogP) is 3.85. The van der Waals surface area contributed by atoms with Gasteiger partial charge >= 0.3 is 5.97 Å². The average molecular weight is 404 g/mol. The fourth-order valence-electron chi connectivity index (χ4n) is 3.39. The molecule has 1 fully saturated rings. The van der Waals surface area contributed by atoms with Crippen LogP contribution in [0.1, 0.15) is 29.4 Å². The summed E-state index contributed by atoms with van der Waals surface area (Å²) >= 11 is 1.41. The second-order valence-corrected chi connectivity index (χ2v) is 7.52. The average Bonchev–Trinajstić information content (AvgIpc) is 3.23. The highest BCUT2D eigenvalue weighted by Crippen LogP contribution is 2.34. The Labute approximate surface area is 169 Å². The number of carbonyl (C=O) groups is 2. The van der Waals surface area contributed by atoms with E-state index in [-0.39, 0.29) is 17.8 Å². The first-order valence-corrected chi connectivity index (χ1v) is 10.2. The van der Waals surface area contributed by atoms with E-state index in [9.17, 15) is 9.59 Å². The van der Waals surface area contributed by atoms with Gasteiger partial charge in [-0.05, 0) is 54.5 Å². The third kappa shape index (κ3) is 4.30. The number of rotatable bonds is 6. The first-order chi connectivity index (χ1) is 13.6. The number of esters is 1. The van der Waals surface area contributed by atoms with Crippen molar-refractivity contribution in [1.29, 1.82) is 0 Å². The van der Waals surface area contributed by atoms with Crippen molar-refractivity contribution < 1.29 is 23.8 Å². The number of thiophene rings is 1. The van der Waals surface area contributed by atoms with E-state index in [0.717, 1.165) is 24.0 Å². The van der Waals surface area contributed by atoms with E-state index in [1.165, 1.54) is 11.3 Å². The van der Waals surface area contributed by atoms with Crippen LogP contribution in [0, 0.1) is 5.92 Å². The number of hydrogen-bond acceptors (Lipinski definition) is 6. The third-order valence-electron chi connectivity index (χ3n) is 4.86. The minimum atomic E-state index is -0.233. The summed E-state index contributed by atoms with van der Waals surface area (Å²) in [4.78, 5) is 27.4.